The quantitative estimate of drug-likeness (QED) is 0.802. The first-order valence-corrected chi connectivity index (χ1v) is 8.49. The summed E-state index contributed by atoms with van der Waals surface area (Å²) in [5, 5.41) is 12.6. The van der Waals surface area contributed by atoms with E-state index in [1.165, 1.54) is 7.11 Å². The molecule has 6 heteroatoms. The molecule has 0 unspecified atom stereocenters. The van der Waals surface area contributed by atoms with Crippen molar-refractivity contribution in [2.45, 2.75) is 6.42 Å². The number of hydrogen-bond acceptors (Lipinski definition) is 4. The second kappa shape index (κ2) is 5.79. The van der Waals surface area contributed by atoms with Gasteiger partial charge in [0.25, 0.3) is 0 Å². The molecular formula is C19H21NO5. The molecule has 5 rings (SSSR count). The minimum Gasteiger partial charge on any atom is -0.497 e. The molecule has 1 aromatic rings. The van der Waals surface area contributed by atoms with E-state index in [-0.39, 0.29) is 17.7 Å². The van der Waals surface area contributed by atoms with Crippen LogP contribution in [0.25, 0.3) is 0 Å². The van der Waals surface area contributed by atoms with Gasteiger partial charge in [0.1, 0.15) is 11.5 Å². The maximum atomic E-state index is 13.0. The van der Waals surface area contributed by atoms with Crippen molar-refractivity contribution in [3.63, 3.8) is 0 Å². The lowest BCUT2D eigenvalue weighted by Crippen LogP contribution is -2.48. The maximum absolute atomic E-state index is 13.0. The average molecular weight is 343 g/mol. The number of hydrogen-bond donors (Lipinski definition) is 2. The third kappa shape index (κ3) is 2.47. The summed E-state index contributed by atoms with van der Waals surface area (Å²) >= 11 is 0. The van der Waals surface area contributed by atoms with E-state index in [2.05, 4.69) is 5.32 Å². The molecule has 0 spiro atoms. The van der Waals surface area contributed by atoms with E-state index < -0.39 is 17.8 Å². The predicted molar refractivity (Wildman–Crippen MR) is 90.5 cm³/mol. The monoisotopic (exact) mass is 343 g/mol. The van der Waals surface area contributed by atoms with Crippen molar-refractivity contribution in [1.82, 2.24) is 0 Å². The van der Waals surface area contributed by atoms with Crippen LogP contribution in [0.15, 0.2) is 30.4 Å². The topological polar surface area (TPSA) is 84.9 Å². The van der Waals surface area contributed by atoms with Crippen molar-refractivity contribution < 1.29 is 24.2 Å². The molecule has 4 aliphatic carbocycles. The Hall–Kier alpha value is -2.50. The van der Waals surface area contributed by atoms with Crippen molar-refractivity contribution >= 4 is 17.6 Å². The van der Waals surface area contributed by atoms with Crippen LogP contribution in [0.2, 0.25) is 0 Å². The molecule has 1 aromatic carbocycles. The van der Waals surface area contributed by atoms with Gasteiger partial charge in [0.2, 0.25) is 5.91 Å². The van der Waals surface area contributed by atoms with E-state index in [1.54, 1.807) is 25.3 Å². The summed E-state index contributed by atoms with van der Waals surface area (Å²) in [5.41, 5.74) is 0.494. The number of carbonyl (C=O) groups is 2. The predicted octanol–water partition coefficient (Wildman–Crippen LogP) is 2.41. The van der Waals surface area contributed by atoms with Gasteiger partial charge in [0, 0.05) is 6.07 Å². The van der Waals surface area contributed by atoms with E-state index in [4.69, 9.17) is 9.47 Å². The van der Waals surface area contributed by atoms with Gasteiger partial charge < -0.3 is 19.9 Å². The van der Waals surface area contributed by atoms with E-state index in [0.717, 1.165) is 6.42 Å². The molecular weight excluding hydrogens is 322 g/mol. The molecule has 0 aliphatic heterocycles. The lowest BCUT2D eigenvalue weighted by atomic mass is 9.62. The van der Waals surface area contributed by atoms with Crippen LogP contribution in [0.3, 0.4) is 0 Å². The van der Waals surface area contributed by atoms with Gasteiger partial charge in [-0.1, -0.05) is 12.2 Å². The smallest absolute Gasteiger partial charge is 0.307 e. The zero-order valence-corrected chi connectivity index (χ0v) is 14.1. The van der Waals surface area contributed by atoms with Crippen molar-refractivity contribution in [2.75, 3.05) is 19.5 Å². The average Bonchev–Trinajstić information content (AvgIpc) is 3.43. The van der Waals surface area contributed by atoms with Crippen LogP contribution in [-0.2, 0) is 9.59 Å². The van der Waals surface area contributed by atoms with Gasteiger partial charge in [-0.25, -0.2) is 0 Å². The van der Waals surface area contributed by atoms with Crippen LogP contribution >= 0.6 is 0 Å². The molecule has 25 heavy (non-hydrogen) atoms. The fourth-order valence-corrected chi connectivity index (χ4v) is 4.70. The molecule has 2 bridgehead atoms. The summed E-state index contributed by atoms with van der Waals surface area (Å²) in [4.78, 5) is 24.8. The summed E-state index contributed by atoms with van der Waals surface area (Å²) in [6.07, 6.45) is 5.08. The van der Waals surface area contributed by atoms with Crippen molar-refractivity contribution in [3.8, 4) is 11.5 Å². The Morgan fingerprint density at radius 1 is 1.08 bits per heavy atom. The Kier molecular flexibility index (Phi) is 3.71. The largest absolute Gasteiger partial charge is 0.497 e. The number of methoxy groups -OCH3 is 2. The van der Waals surface area contributed by atoms with Crippen LogP contribution in [0.1, 0.15) is 6.42 Å². The van der Waals surface area contributed by atoms with E-state index in [0.29, 0.717) is 29.0 Å². The van der Waals surface area contributed by atoms with Crippen LogP contribution in [0.4, 0.5) is 5.69 Å². The molecule has 0 heterocycles. The number of amides is 1. The minimum absolute atomic E-state index is 0.00713. The molecule has 1 amide bonds. The molecule has 4 aliphatic rings. The minimum atomic E-state index is -0.887. The summed E-state index contributed by atoms with van der Waals surface area (Å²) in [7, 11) is 3.07. The second-order valence-corrected chi connectivity index (χ2v) is 7.05. The van der Waals surface area contributed by atoms with E-state index >= 15 is 0 Å². The molecule has 0 radical (unpaired) electrons. The number of rotatable bonds is 5. The summed E-state index contributed by atoms with van der Waals surface area (Å²) < 4.78 is 10.5. The highest BCUT2D eigenvalue weighted by Crippen LogP contribution is 2.63. The van der Waals surface area contributed by atoms with Crippen LogP contribution in [-0.4, -0.2) is 31.2 Å². The number of carboxylic acid groups (broad SMARTS) is 1. The molecule has 0 saturated heterocycles. The van der Waals surface area contributed by atoms with Gasteiger partial charge in [0.15, 0.2) is 0 Å². The van der Waals surface area contributed by atoms with Crippen LogP contribution < -0.4 is 14.8 Å². The zero-order valence-electron chi connectivity index (χ0n) is 14.1. The Morgan fingerprint density at radius 3 is 2.36 bits per heavy atom. The van der Waals surface area contributed by atoms with E-state index in [1.807, 2.05) is 12.2 Å². The number of nitrogens with one attached hydrogen (secondary N) is 1. The normalized spacial score (nSPS) is 34.2. The van der Waals surface area contributed by atoms with Crippen molar-refractivity contribution in [2.24, 2.45) is 35.5 Å². The molecule has 6 nitrogen and oxygen atoms in total. The van der Waals surface area contributed by atoms with Gasteiger partial charge in [-0.2, -0.15) is 0 Å². The number of allylic oxidation sites excluding steroid dienone is 2. The molecule has 2 saturated carbocycles. The fraction of sp³-hybridized carbons (Fsp3) is 0.474. The van der Waals surface area contributed by atoms with E-state index in [9.17, 15) is 14.7 Å². The first-order chi connectivity index (χ1) is 12.0. The van der Waals surface area contributed by atoms with Gasteiger partial charge in [0.05, 0.1) is 31.7 Å². The highest BCUT2D eigenvalue weighted by molar-refractivity contribution is 5.97. The fourth-order valence-electron chi connectivity index (χ4n) is 4.70. The highest BCUT2D eigenvalue weighted by atomic mass is 16.5. The first-order valence-electron chi connectivity index (χ1n) is 8.49. The third-order valence-electron chi connectivity index (χ3n) is 5.90. The Bertz CT molecular complexity index is 758. The lowest BCUT2D eigenvalue weighted by molar-refractivity contribution is -0.152. The summed E-state index contributed by atoms with van der Waals surface area (Å²) in [6, 6.07) is 5.14. The van der Waals surface area contributed by atoms with Crippen LogP contribution in [0, 0.1) is 35.5 Å². The van der Waals surface area contributed by atoms with Crippen molar-refractivity contribution in [3.05, 3.63) is 30.4 Å². The number of aliphatic carboxylic acids is 1. The second-order valence-electron chi connectivity index (χ2n) is 7.05. The molecule has 2 fully saturated rings. The number of fused-ring (bicyclic) bond motifs is 1. The van der Waals surface area contributed by atoms with Crippen molar-refractivity contribution in [1.29, 1.82) is 0 Å². The number of carboxylic acids is 1. The number of anilines is 1. The SMILES string of the molecule is COc1ccc(OC)c(NC(=O)[C@H]2[C@H]3C=C[C@H]([C@H]4C[C@H]34)[C@@H]2C(=O)O)c1. The first kappa shape index (κ1) is 16.0. The third-order valence-corrected chi connectivity index (χ3v) is 5.90. The maximum Gasteiger partial charge on any atom is 0.307 e. The zero-order chi connectivity index (χ0) is 17.7. The van der Waals surface area contributed by atoms with Gasteiger partial charge in [-0.3, -0.25) is 9.59 Å². The molecule has 0 aromatic heterocycles. The molecule has 132 valence electrons. The summed E-state index contributed by atoms with van der Waals surface area (Å²) in [6.45, 7) is 0. The Labute approximate surface area is 145 Å². The van der Waals surface area contributed by atoms with Gasteiger partial charge in [-0.15, -0.1) is 0 Å². The lowest BCUT2D eigenvalue weighted by Gasteiger charge is -2.41. The van der Waals surface area contributed by atoms with Gasteiger partial charge in [-0.05, 0) is 42.2 Å². The molecule has 6 atom stereocenters. The number of carbonyl (C=O) groups excluding carboxylic acids is 1. The highest BCUT2D eigenvalue weighted by Gasteiger charge is 2.63. The summed E-state index contributed by atoms with van der Waals surface area (Å²) in [5.74, 6) is -0.378. The standard InChI is InChI=1S/C19H21NO5/c1-24-9-3-6-15(25-2)14(7-9)20-18(21)16-10-4-5-11(13-8-12(10)13)17(16)19(22)23/h3-7,10-13,16-17H,8H2,1-2H3,(H,20,21)(H,22,23)/t10-,11+,12+,13+,16-,17-/m0/s1. The number of ether oxygens (including phenoxy) is 2. The van der Waals surface area contributed by atoms with Crippen LogP contribution in [0.5, 0.6) is 11.5 Å². The molecule has 2 N–H and O–H groups in total. The Balaban J connectivity index is 1.63. The number of benzene rings is 1. The van der Waals surface area contributed by atoms with Gasteiger partial charge >= 0.3 is 5.97 Å². The Morgan fingerprint density at radius 2 is 1.76 bits per heavy atom.